The molecule has 6 heteroatoms. The molecule has 0 unspecified atom stereocenters. The molecule has 3 rings (SSSR count). The Morgan fingerprint density at radius 2 is 1.72 bits per heavy atom. The molecule has 0 radical (unpaired) electrons. The summed E-state index contributed by atoms with van der Waals surface area (Å²) in [7, 11) is 0. The van der Waals surface area contributed by atoms with Crippen molar-refractivity contribution in [2.75, 3.05) is 44.2 Å². The molecule has 1 fully saturated rings. The van der Waals surface area contributed by atoms with Crippen LogP contribution in [0.3, 0.4) is 0 Å². The predicted molar refractivity (Wildman–Crippen MR) is 74.8 cm³/mol. The second-order valence-corrected chi connectivity index (χ2v) is 5.20. The molecule has 98 valence electrons. The van der Waals surface area contributed by atoms with Gasteiger partial charge in [-0.05, 0) is 25.2 Å². The zero-order valence-electron chi connectivity index (χ0n) is 10.5. The number of aromatic amines is 1. The van der Waals surface area contributed by atoms with Crippen LogP contribution in [0.15, 0.2) is 0 Å². The van der Waals surface area contributed by atoms with Crippen molar-refractivity contribution in [3.8, 4) is 0 Å². The molecule has 2 aliphatic heterocycles. The third-order valence-corrected chi connectivity index (χ3v) is 3.81. The second kappa shape index (κ2) is 5.34. The van der Waals surface area contributed by atoms with Gasteiger partial charge in [-0.25, -0.2) is 4.98 Å². The molecular weight excluding hydrogens is 246 g/mol. The van der Waals surface area contributed by atoms with Gasteiger partial charge in [0.05, 0.1) is 0 Å². The number of hydrogen-bond donors (Lipinski definition) is 3. The van der Waals surface area contributed by atoms with Gasteiger partial charge in [0.15, 0.2) is 4.77 Å². The van der Waals surface area contributed by atoms with Gasteiger partial charge in [-0.2, -0.15) is 0 Å². The number of rotatable bonds is 1. The van der Waals surface area contributed by atoms with E-state index >= 15 is 0 Å². The first-order chi connectivity index (χ1) is 8.84. The van der Waals surface area contributed by atoms with Crippen LogP contribution in [0.25, 0.3) is 0 Å². The summed E-state index contributed by atoms with van der Waals surface area (Å²) in [6.07, 6.45) is 2.05. The largest absolute Gasteiger partial charge is 0.354 e. The van der Waals surface area contributed by atoms with Crippen LogP contribution in [0.5, 0.6) is 0 Å². The number of piperazine rings is 1. The van der Waals surface area contributed by atoms with Gasteiger partial charge >= 0.3 is 0 Å². The molecule has 0 atom stereocenters. The smallest absolute Gasteiger partial charge is 0.198 e. The van der Waals surface area contributed by atoms with Gasteiger partial charge in [0, 0.05) is 50.4 Å². The minimum absolute atomic E-state index is 0.615. The normalized spacial score (nSPS) is 20.3. The van der Waals surface area contributed by atoms with Crippen molar-refractivity contribution in [3.63, 3.8) is 0 Å². The maximum atomic E-state index is 5.27. The Hall–Kier alpha value is -0.980. The maximum Gasteiger partial charge on any atom is 0.198 e. The fourth-order valence-corrected chi connectivity index (χ4v) is 2.91. The first-order valence-corrected chi connectivity index (χ1v) is 7.04. The summed E-state index contributed by atoms with van der Waals surface area (Å²) in [5, 5.41) is 6.81. The Balaban J connectivity index is 2.01. The molecule has 3 heterocycles. The van der Waals surface area contributed by atoms with Crippen LogP contribution in [0.2, 0.25) is 0 Å². The first kappa shape index (κ1) is 12.1. The summed E-state index contributed by atoms with van der Waals surface area (Å²) in [5.74, 6) is 1.11. The van der Waals surface area contributed by atoms with Crippen molar-refractivity contribution in [1.29, 1.82) is 0 Å². The molecule has 1 aromatic heterocycles. The molecular formula is C12H19N5S. The van der Waals surface area contributed by atoms with Crippen LogP contribution in [0.4, 0.5) is 5.82 Å². The number of anilines is 1. The second-order valence-electron chi connectivity index (χ2n) is 4.81. The lowest BCUT2D eigenvalue weighted by Gasteiger charge is -2.30. The molecule has 1 saturated heterocycles. The summed E-state index contributed by atoms with van der Waals surface area (Å²) in [4.78, 5) is 10.2. The van der Waals surface area contributed by atoms with Gasteiger partial charge in [-0.3, -0.25) is 0 Å². The highest BCUT2D eigenvalue weighted by atomic mass is 32.1. The molecule has 0 aromatic carbocycles. The number of nitrogens with one attached hydrogen (secondary N) is 3. The van der Waals surface area contributed by atoms with E-state index in [1.165, 1.54) is 11.3 Å². The van der Waals surface area contributed by atoms with Crippen LogP contribution in [-0.2, 0) is 12.8 Å². The zero-order chi connectivity index (χ0) is 12.4. The first-order valence-electron chi connectivity index (χ1n) is 6.63. The molecule has 0 saturated carbocycles. The molecule has 0 spiro atoms. The number of fused-ring (bicyclic) bond motifs is 1. The molecule has 0 bridgehead atoms. The quantitative estimate of drug-likeness (QED) is 0.635. The summed E-state index contributed by atoms with van der Waals surface area (Å²) < 4.78 is 0.615. The van der Waals surface area contributed by atoms with Crippen molar-refractivity contribution in [2.24, 2.45) is 0 Å². The van der Waals surface area contributed by atoms with Gasteiger partial charge in [-0.15, -0.1) is 0 Å². The topological polar surface area (TPSA) is 56.0 Å². The summed E-state index contributed by atoms with van der Waals surface area (Å²) in [6, 6.07) is 0. The van der Waals surface area contributed by atoms with Crippen LogP contribution in [0.1, 0.15) is 11.3 Å². The van der Waals surface area contributed by atoms with Crippen LogP contribution < -0.4 is 15.5 Å². The van der Waals surface area contributed by atoms with Gasteiger partial charge in [0.1, 0.15) is 5.82 Å². The zero-order valence-corrected chi connectivity index (χ0v) is 11.3. The lowest BCUT2D eigenvalue weighted by Crippen LogP contribution is -2.44. The highest BCUT2D eigenvalue weighted by Gasteiger charge is 2.19. The lowest BCUT2D eigenvalue weighted by molar-refractivity contribution is 0.581. The molecule has 18 heavy (non-hydrogen) atoms. The molecule has 2 aliphatic rings. The molecule has 1 aromatic rings. The van der Waals surface area contributed by atoms with E-state index in [2.05, 4.69) is 25.5 Å². The van der Waals surface area contributed by atoms with E-state index in [0.29, 0.717) is 4.77 Å². The summed E-state index contributed by atoms with van der Waals surface area (Å²) in [5.41, 5.74) is 2.63. The van der Waals surface area contributed by atoms with E-state index in [9.17, 15) is 0 Å². The monoisotopic (exact) mass is 265 g/mol. The van der Waals surface area contributed by atoms with E-state index in [0.717, 1.165) is 57.9 Å². The minimum Gasteiger partial charge on any atom is -0.354 e. The SMILES string of the molecule is S=c1nc(N2CCNCC2)c2c([nH]1)CCNCC2. The Kier molecular flexibility index (Phi) is 3.58. The third kappa shape index (κ3) is 2.41. The molecule has 0 aliphatic carbocycles. The van der Waals surface area contributed by atoms with Crippen LogP contribution in [0, 0.1) is 4.77 Å². The van der Waals surface area contributed by atoms with Crippen molar-refractivity contribution in [1.82, 2.24) is 20.6 Å². The summed E-state index contributed by atoms with van der Waals surface area (Å²) in [6.45, 7) is 6.14. The standard InChI is InChI=1S/C12H19N5S/c18-12-15-10-2-4-13-3-1-9(10)11(16-12)17-7-5-14-6-8-17/h13-14H,1-8H2,(H,15,16,18). The molecule has 0 amide bonds. The average molecular weight is 265 g/mol. The van der Waals surface area contributed by atoms with Gasteiger partial charge in [-0.1, -0.05) is 0 Å². The highest BCUT2D eigenvalue weighted by molar-refractivity contribution is 7.71. The van der Waals surface area contributed by atoms with E-state index in [1.54, 1.807) is 0 Å². The Labute approximate surface area is 112 Å². The number of H-pyrrole nitrogens is 1. The van der Waals surface area contributed by atoms with Gasteiger partial charge < -0.3 is 20.5 Å². The maximum absolute atomic E-state index is 5.27. The van der Waals surface area contributed by atoms with E-state index < -0.39 is 0 Å². The van der Waals surface area contributed by atoms with Crippen molar-refractivity contribution < 1.29 is 0 Å². The van der Waals surface area contributed by atoms with Crippen LogP contribution >= 0.6 is 12.2 Å². The Morgan fingerprint density at radius 3 is 2.56 bits per heavy atom. The average Bonchev–Trinajstić information content (AvgIpc) is 2.64. The van der Waals surface area contributed by atoms with Crippen molar-refractivity contribution in [2.45, 2.75) is 12.8 Å². The minimum atomic E-state index is 0.615. The molecule has 5 nitrogen and oxygen atoms in total. The highest BCUT2D eigenvalue weighted by Crippen LogP contribution is 2.22. The number of aromatic nitrogens is 2. The van der Waals surface area contributed by atoms with E-state index in [4.69, 9.17) is 12.2 Å². The van der Waals surface area contributed by atoms with E-state index in [-0.39, 0.29) is 0 Å². The molecule has 3 N–H and O–H groups in total. The Morgan fingerprint density at radius 1 is 1.00 bits per heavy atom. The predicted octanol–water partition coefficient (Wildman–Crippen LogP) is 0.237. The fourth-order valence-electron chi connectivity index (χ4n) is 2.70. The third-order valence-electron chi connectivity index (χ3n) is 3.62. The summed E-state index contributed by atoms with van der Waals surface area (Å²) >= 11 is 5.27. The van der Waals surface area contributed by atoms with Gasteiger partial charge in [0.2, 0.25) is 0 Å². The lowest BCUT2D eigenvalue weighted by atomic mass is 10.1. The van der Waals surface area contributed by atoms with Crippen LogP contribution in [-0.4, -0.2) is 49.2 Å². The van der Waals surface area contributed by atoms with Crippen molar-refractivity contribution in [3.05, 3.63) is 16.0 Å². The number of nitrogens with zero attached hydrogens (tertiary/aromatic N) is 2. The number of hydrogen-bond acceptors (Lipinski definition) is 5. The van der Waals surface area contributed by atoms with Gasteiger partial charge in [0.25, 0.3) is 0 Å². The van der Waals surface area contributed by atoms with E-state index in [1.807, 2.05) is 0 Å². The fraction of sp³-hybridized carbons (Fsp3) is 0.667. The Bertz CT molecular complexity index is 478. The van der Waals surface area contributed by atoms with Crippen molar-refractivity contribution >= 4 is 18.0 Å².